The van der Waals surface area contributed by atoms with Gasteiger partial charge in [0, 0.05) is 24.2 Å². The first-order chi connectivity index (χ1) is 17.3. The number of pyridine rings is 2. The Balaban J connectivity index is 1.86. The van der Waals surface area contributed by atoms with Gasteiger partial charge in [-0.15, -0.1) is 0 Å². The molecule has 1 aromatic carbocycles. The number of nitrogens with zero attached hydrogens (tertiary/aromatic N) is 5. The third kappa shape index (κ3) is 3.62. The molecule has 0 aliphatic rings. The molecule has 0 radical (unpaired) electrons. The number of hydrogen-bond acceptors (Lipinski definition) is 7. The van der Waals surface area contributed by atoms with Gasteiger partial charge in [0.1, 0.15) is 18.1 Å². The number of imidazole rings is 1. The number of likely N-dealkylation sites (N-methyl/N-ethyl adjacent to an activating group) is 1. The molecular formula is C26H26N6O4. The number of carbonyl (C=O) groups excluding carboxylic acids is 1. The number of carbonyl (C=O) groups is 1. The Morgan fingerprint density at radius 2 is 2.03 bits per heavy atom. The summed E-state index contributed by atoms with van der Waals surface area (Å²) < 4.78 is 14.3. The number of hydrogen-bond donors (Lipinski definition) is 1. The SMILES string of the molecule is CNC(=O)Cn1c(=O)n(C(C)c2ccccn2)c2c3cc(OC)c(-c4c(C)noc4C)cc3ncc21. The summed E-state index contributed by atoms with van der Waals surface area (Å²) >= 11 is 0. The van der Waals surface area contributed by atoms with E-state index in [2.05, 4.69) is 20.4 Å². The summed E-state index contributed by atoms with van der Waals surface area (Å²) in [5, 5.41) is 7.38. The van der Waals surface area contributed by atoms with Crippen LogP contribution >= 0.6 is 0 Å². The predicted molar refractivity (Wildman–Crippen MR) is 135 cm³/mol. The Morgan fingerprint density at radius 3 is 2.67 bits per heavy atom. The lowest BCUT2D eigenvalue weighted by molar-refractivity contribution is -0.121. The van der Waals surface area contributed by atoms with Crippen molar-refractivity contribution >= 4 is 27.8 Å². The maximum Gasteiger partial charge on any atom is 0.330 e. The topological polar surface area (TPSA) is 117 Å². The zero-order valence-corrected chi connectivity index (χ0v) is 20.7. The van der Waals surface area contributed by atoms with E-state index in [-0.39, 0.29) is 18.1 Å². The third-order valence-electron chi connectivity index (χ3n) is 6.50. The molecular weight excluding hydrogens is 460 g/mol. The number of rotatable bonds is 6. The Kier molecular flexibility index (Phi) is 5.79. The lowest BCUT2D eigenvalue weighted by Crippen LogP contribution is -2.32. The average molecular weight is 487 g/mol. The van der Waals surface area contributed by atoms with Crippen molar-refractivity contribution in [3.05, 3.63) is 70.4 Å². The van der Waals surface area contributed by atoms with Gasteiger partial charge >= 0.3 is 5.69 Å². The number of amides is 1. The molecule has 1 amide bonds. The Hall–Kier alpha value is -4.47. The molecule has 10 heteroatoms. The molecule has 184 valence electrons. The van der Waals surface area contributed by atoms with Gasteiger partial charge in [0.2, 0.25) is 5.91 Å². The van der Waals surface area contributed by atoms with Crippen LogP contribution in [0.5, 0.6) is 5.75 Å². The van der Waals surface area contributed by atoms with E-state index in [1.807, 2.05) is 51.1 Å². The van der Waals surface area contributed by atoms with E-state index in [4.69, 9.17) is 9.26 Å². The van der Waals surface area contributed by atoms with Crippen LogP contribution in [-0.4, -0.2) is 44.3 Å². The van der Waals surface area contributed by atoms with Crippen molar-refractivity contribution in [1.82, 2.24) is 29.6 Å². The fourth-order valence-corrected chi connectivity index (χ4v) is 4.70. The maximum absolute atomic E-state index is 13.7. The number of fused-ring (bicyclic) bond motifs is 3. The fourth-order valence-electron chi connectivity index (χ4n) is 4.70. The molecule has 0 aliphatic carbocycles. The summed E-state index contributed by atoms with van der Waals surface area (Å²) in [6.45, 7) is 5.50. The van der Waals surface area contributed by atoms with Gasteiger partial charge in [0.15, 0.2) is 0 Å². The summed E-state index contributed by atoms with van der Waals surface area (Å²) in [7, 11) is 3.13. The van der Waals surface area contributed by atoms with E-state index < -0.39 is 6.04 Å². The lowest BCUT2D eigenvalue weighted by Gasteiger charge is -2.15. The highest BCUT2D eigenvalue weighted by Gasteiger charge is 2.25. The van der Waals surface area contributed by atoms with Crippen molar-refractivity contribution in [2.24, 2.45) is 0 Å². The molecule has 1 unspecified atom stereocenters. The monoisotopic (exact) mass is 486 g/mol. The van der Waals surface area contributed by atoms with Crippen LogP contribution in [0, 0.1) is 13.8 Å². The van der Waals surface area contributed by atoms with Gasteiger partial charge in [0.25, 0.3) is 0 Å². The molecule has 1 N–H and O–H groups in total. The van der Waals surface area contributed by atoms with Crippen LogP contribution in [0.1, 0.15) is 30.1 Å². The maximum atomic E-state index is 13.7. The van der Waals surface area contributed by atoms with E-state index in [9.17, 15) is 9.59 Å². The van der Waals surface area contributed by atoms with Crippen molar-refractivity contribution < 1.29 is 14.1 Å². The molecule has 0 saturated heterocycles. The third-order valence-corrected chi connectivity index (χ3v) is 6.50. The highest BCUT2D eigenvalue weighted by Crippen LogP contribution is 2.39. The molecule has 4 aromatic heterocycles. The summed E-state index contributed by atoms with van der Waals surface area (Å²) in [6.07, 6.45) is 3.33. The van der Waals surface area contributed by atoms with Crippen molar-refractivity contribution in [2.45, 2.75) is 33.4 Å². The second-order valence-electron chi connectivity index (χ2n) is 8.60. The number of aromatic nitrogens is 5. The Labute approximate surface area is 206 Å². The van der Waals surface area contributed by atoms with Gasteiger partial charge in [-0.1, -0.05) is 11.2 Å². The van der Waals surface area contributed by atoms with Gasteiger partial charge in [-0.25, -0.2) is 4.79 Å². The quantitative estimate of drug-likeness (QED) is 0.391. The number of aryl methyl sites for hydroxylation is 2. The van der Waals surface area contributed by atoms with E-state index in [1.54, 1.807) is 24.1 Å². The standard InChI is InChI=1S/C26H26N6O4/c1-14-24(16(3)36-30-14)18-10-20-17(11-22(18)35-5)25-21(12-29-20)31(13-23(33)27-4)26(34)32(25)15(2)19-8-6-7-9-28-19/h6-12,15H,13H2,1-5H3,(H,27,33). The minimum atomic E-state index is -0.397. The van der Waals surface area contributed by atoms with Crippen molar-refractivity contribution in [1.29, 1.82) is 0 Å². The van der Waals surface area contributed by atoms with Crippen molar-refractivity contribution in [2.75, 3.05) is 14.2 Å². The fraction of sp³-hybridized carbons (Fsp3) is 0.269. The molecule has 4 heterocycles. The molecule has 5 rings (SSSR count). The summed E-state index contributed by atoms with van der Waals surface area (Å²) in [6, 6.07) is 8.97. The first kappa shape index (κ1) is 23.3. The number of benzene rings is 1. The van der Waals surface area contributed by atoms with Crippen molar-refractivity contribution in [3.8, 4) is 16.9 Å². The summed E-state index contributed by atoms with van der Waals surface area (Å²) in [5.74, 6) is 0.978. The molecule has 36 heavy (non-hydrogen) atoms. The van der Waals surface area contributed by atoms with Crippen LogP contribution in [-0.2, 0) is 11.3 Å². The van der Waals surface area contributed by atoms with E-state index in [1.165, 1.54) is 11.6 Å². The molecule has 0 fully saturated rings. The van der Waals surface area contributed by atoms with Gasteiger partial charge in [0.05, 0.1) is 52.8 Å². The van der Waals surface area contributed by atoms with Crippen molar-refractivity contribution in [3.63, 3.8) is 0 Å². The number of methoxy groups -OCH3 is 1. The Morgan fingerprint density at radius 1 is 1.22 bits per heavy atom. The summed E-state index contributed by atoms with van der Waals surface area (Å²) in [4.78, 5) is 35.1. The average Bonchev–Trinajstić information content (AvgIpc) is 3.38. The van der Waals surface area contributed by atoms with Crippen LogP contribution in [0.2, 0.25) is 0 Å². The molecule has 0 aliphatic heterocycles. The highest BCUT2D eigenvalue weighted by atomic mass is 16.5. The molecule has 10 nitrogen and oxygen atoms in total. The van der Waals surface area contributed by atoms with Crippen LogP contribution in [0.15, 0.2) is 52.0 Å². The van der Waals surface area contributed by atoms with Crippen LogP contribution in [0.4, 0.5) is 0 Å². The van der Waals surface area contributed by atoms with E-state index in [0.29, 0.717) is 28.1 Å². The normalized spacial score (nSPS) is 12.2. The number of nitrogens with one attached hydrogen (secondary N) is 1. The molecule has 5 aromatic rings. The van der Waals surface area contributed by atoms with Gasteiger partial charge in [-0.05, 0) is 45.0 Å². The van der Waals surface area contributed by atoms with Gasteiger partial charge < -0.3 is 14.6 Å². The van der Waals surface area contributed by atoms with E-state index >= 15 is 0 Å². The second kappa shape index (κ2) is 8.95. The minimum Gasteiger partial charge on any atom is -0.496 e. The van der Waals surface area contributed by atoms with Crippen LogP contribution < -0.4 is 15.7 Å². The number of ether oxygens (including phenoxy) is 1. The zero-order valence-electron chi connectivity index (χ0n) is 20.7. The highest BCUT2D eigenvalue weighted by molar-refractivity contribution is 6.05. The van der Waals surface area contributed by atoms with Gasteiger partial charge in [-0.3, -0.25) is 23.9 Å². The lowest BCUT2D eigenvalue weighted by atomic mass is 10.00. The Bertz CT molecular complexity index is 1650. The summed E-state index contributed by atoms with van der Waals surface area (Å²) in [5.41, 5.74) is 4.64. The predicted octanol–water partition coefficient (Wildman–Crippen LogP) is 3.38. The van der Waals surface area contributed by atoms with E-state index in [0.717, 1.165) is 27.9 Å². The minimum absolute atomic E-state index is 0.130. The molecule has 0 bridgehead atoms. The molecule has 0 saturated carbocycles. The largest absolute Gasteiger partial charge is 0.496 e. The van der Waals surface area contributed by atoms with Gasteiger partial charge in [-0.2, -0.15) is 0 Å². The van der Waals surface area contributed by atoms with Crippen LogP contribution in [0.3, 0.4) is 0 Å². The van der Waals surface area contributed by atoms with Crippen LogP contribution in [0.25, 0.3) is 33.1 Å². The smallest absolute Gasteiger partial charge is 0.330 e. The molecule has 0 spiro atoms. The molecule has 1 atom stereocenters. The second-order valence-corrected chi connectivity index (χ2v) is 8.60. The first-order valence-electron chi connectivity index (χ1n) is 11.5. The first-order valence-corrected chi connectivity index (χ1v) is 11.5. The zero-order chi connectivity index (χ0) is 25.6.